The molecule has 4 heteroatoms. The molecule has 1 aromatic rings. The molecule has 0 saturated carbocycles. The number of nitrogen functional groups attached to an aromatic ring is 1. The molecular formula is C9H12F2N2. The molecule has 0 aliphatic carbocycles. The van der Waals surface area contributed by atoms with Crippen LogP contribution in [0.25, 0.3) is 0 Å². The van der Waals surface area contributed by atoms with Crippen molar-refractivity contribution in [2.24, 2.45) is 5.73 Å². The summed E-state index contributed by atoms with van der Waals surface area (Å²) in [7, 11) is 0. The number of halogens is 2. The molecule has 0 aliphatic heterocycles. The van der Waals surface area contributed by atoms with Gasteiger partial charge >= 0.3 is 0 Å². The predicted octanol–water partition coefficient (Wildman–Crippen LogP) is 1.44. The quantitative estimate of drug-likeness (QED) is 0.686. The van der Waals surface area contributed by atoms with Gasteiger partial charge in [-0.1, -0.05) is 0 Å². The molecule has 0 aliphatic rings. The zero-order valence-corrected chi connectivity index (χ0v) is 7.35. The van der Waals surface area contributed by atoms with Crippen LogP contribution in [0.4, 0.5) is 14.5 Å². The van der Waals surface area contributed by atoms with Crippen LogP contribution in [0.3, 0.4) is 0 Å². The molecule has 2 nitrogen and oxygen atoms in total. The van der Waals surface area contributed by atoms with Gasteiger partial charge in [0.2, 0.25) is 0 Å². The van der Waals surface area contributed by atoms with E-state index in [0.29, 0.717) is 12.0 Å². The van der Waals surface area contributed by atoms with Crippen molar-refractivity contribution in [2.45, 2.75) is 19.4 Å². The van der Waals surface area contributed by atoms with Crippen LogP contribution in [0.2, 0.25) is 0 Å². The average molecular weight is 186 g/mol. The predicted molar refractivity (Wildman–Crippen MR) is 48.1 cm³/mol. The smallest absolute Gasteiger partial charge is 0.181 e. The molecule has 0 radical (unpaired) electrons. The summed E-state index contributed by atoms with van der Waals surface area (Å²) in [6, 6.07) is 2.43. The molecule has 72 valence electrons. The fourth-order valence-electron chi connectivity index (χ4n) is 1.16. The third-order valence-corrected chi connectivity index (χ3v) is 1.67. The topological polar surface area (TPSA) is 52.0 Å². The Balaban J connectivity index is 2.99. The van der Waals surface area contributed by atoms with E-state index in [1.54, 1.807) is 6.92 Å². The van der Waals surface area contributed by atoms with Crippen LogP contribution >= 0.6 is 0 Å². The van der Waals surface area contributed by atoms with Gasteiger partial charge < -0.3 is 11.5 Å². The Hall–Kier alpha value is -1.16. The summed E-state index contributed by atoms with van der Waals surface area (Å²) >= 11 is 0. The highest BCUT2D eigenvalue weighted by molar-refractivity contribution is 5.43. The number of hydrogen-bond acceptors (Lipinski definition) is 2. The molecule has 1 unspecified atom stereocenters. The van der Waals surface area contributed by atoms with Gasteiger partial charge in [-0.2, -0.15) is 0 Å². The van der Waals surface area contributed by atoms with Gasteiger partial charge in [-0.3, -0.25) is 0 Å². The highest BCUT2D eigenvalue weighted by Gasteiger charge is 2.08. The normalized spacial score (nSPS) is 12.9. The first kappa shape index (κ1) is 9.92. The van der Waals surface area contributed by atoms with E-state index in [2.05, 4.69) is 0 Å². The van der Waals surface area contributed by atoms with Gasteiger partial charge in [0.1, 0.15) is 0 Å². The summed E-state index contributed by atoms with van der Waals surface area (Å²) in [6.45, 7) is 1.79. The van der Waals surface area contributed by atoms with E-state index in [9.17, 15) is 8.78 Å². The van der Waals surface area contributed by atoms with E-state index < -0.39 is 11.6 Å². The molecule has 1 rings (SSSR count). The minimum atomic E-state index is -0.992. The van der Waals surface area contributed by atoms with Crippen LogP contribution in [-0.4, -0.2) is 6.04 Å². The van der Waals surface area contributed by atoms with Gasteiger partial charge in [-0.15, -0.1) is 0 Å². The Labute approximate surface area is 75.5 Å². The Morgan fingerprint density at radius 1 is 1.38 bits per heavy atom. The van der Waals surface area contributed by atoms with Gasteiger partial charge in [0.15, 0.2) is 11.6 Å². The van der Waals surface area contributed by atoms with Crippen LogP contribution in [0.5, 0.6) is 0 Å². The van der Waals surface area contributed by atoms with Crippen LogP contribution in [0.15, 0.2) is 12.1 Å². The first-order chi connectivity index (χ1) is 6.00. The van der Waals surface area contributed by atoms with Gasteiger partial charge in [0.25, 0.3) is 0 Å². The molecule has 0 bridgehead atoms. The molecule has 0 saturated heterocycles. The zero-order chi connectivity index (χ0) is 10.0. The van der Waals surface area contributed by atoms with Crippen molar-refractivity contribution >= 4 is 5.69 Å². The summed E-state index contributed by atoms with van der Waals surface area (Å²) in [5.41, 5.74) is 11.2. The second-order valence-corrected chi connectivity index (χ2v) is 3.16. The highest BCUT2D eigenvalue weighted by atomic mass is 19.2. The number of hydrogen-bond donors (Lipinski definition) is 2. The second kappa shape index (κ2) is 3.70. The number of anilines is 1. The molecular weight excluding hydrogens is 174 g/mol. The summed E-state index contributed by atoms with van der Waals surface area (Å²) in [4.78, 5) is 0. The molecule has 13 heavy (non-hydrogen) atoms. The maximum Gasteiger partial charge on any atom is 0.181 e. The van der Waals surface area contributed by atoms with E-state index >= 15 is 0 Å². The summed E-state index contributed by atoms with van der Waals surface area (Å²) in [5, 5.41) is 0. The summed E-state index contributed by atoms with van der Waals surface area (Å²) in [5.74, 6) is -1.91. The van der Waals surface area contributed by atoms with Crippen molar-refractivity contribution in [2.75, 3.05) is 5.73 Å². The monoisotopic (exact) mass is 186 g/mol. The lowest BCUT2D eigenvalue weighted by molar-refractivity contribution is 0.510. The molecule has 4 N–H and O–H groups in total. The fourth-order valence-corrected chi connectivity index (χ4v) is 1.16. The SMILES string of the molecule is CC(N)Cc1cc(N)c(F)c(F)c1. The Morgan fingerprint density at radius 2 is 2.00 bits per heavy atom. The van der Waals surface area contributed by atoms with Crippen molar-refractivity contribution < 1.29 is 8.78 Å². The molecule has 0 fully saturated rings. The van der Waals surface area contributed by atoms with Crippen LogP contribution in [0.1, 0.15) is 12.5 Å². The lowest BCUT2D eigenvalue weighted by Gasteiger charge is -2.07. The standard InChI is InChI=1S/C9H12F2N2/c1-5(12)2-6-3-7(10)9(11)8(13)4-6/h3-5H,2,12-13H2,1H3. The highest BCUT2D eigenvalue weighted by Crippen LogP contribution is 2.17. The molecule has 0 heterocycles. The van der Waals surface area contributed by atoms with E-state index in [1.807, 2.05) is 0 Å². The molecule has 0 spiro atoms. The van der Waals surface area contributed by atoms with Gasteiger partial charge in [0, 0.05) is 6.04 Å². The van der Waals surface area contributed by atoms with Crippen molar-refractivity contribution in [1.82, 2.24) is 0 Å². The largest absolute Gasteiger partial charge is 0.396 e. The van der Waals surface area contributed by atoms with Gasteiger partial charge in [-0.25, -0.2) is 8.78 Å². The maximum absolute atomic E-state index is 12.8. The fraction of sp³-hybridized carbons (Fsp3) is 0.333. The number of rotatable bonds is 2. The van der Waals surface area contributed by atoms with E-state index in [0.717, 1.165) is 6.07 Å². The molecule has 0 aromatic heterocycles. The number of nitrogens with two attached hydrogens (primary N) is 2. The first-order valence-corrected chi connectivity index (χ1v) is 3.99. The van der Waals surface area contributed by atoms with Crippen molar-refractivity contribution in [3.63, 3.8) is 0 Å². The Kier molecular flexibility index (Phi) is 2.83. The zero-order valence-electron chi connectivity index (χ0n) is 7.35. The first-order valence-electron chi connectivity index (χ1n) is 3.99. The van der Waals surface area contributed by atoms with Crippen molar-refractivity contribution in [3.8, 4) is 0 Å². The third-order valence-electron chi connectivity index (χ3n) is 1.67. The second-order valence-electron chi connectivity index (χ2n) is 3.16. The van der Waals surface area contributed by atoms with Gasteiger partial charge in [-0.05, 0) is 31.0 Å². The summed E-state index contributed by atoms with van der Waals surface area (Å²) in [6.07, 6.45) is 0.488. The number of benzene rings is 1. The average Bonchev–Trinajstić information content (AvgIpc) is 1.98. The van der Waals surface area contributed by atoms with Gasteiger partial charge in [0.05, 0.1) is 5.69 Å². The van der Waals surface area contributed by atoms with E-state index in [4.69, 9.17) is 11.5 Å². The minimum Gasteiger partial charge on any atom is -0.396 e. The van der Waals surface area contributed by atoms with E-state index in [-0.39, 0.29) is 11.7 Å². The van der Waals surface area contributed by atoms with Crippen LogP contribution in [0, 0.1) is 11.6 Å². The van der Waals surface area contributed by atoms with Crippen molar-refractivity contribution in [1.29, 1.82) is 0 Å². The van der Waals surface area contributed by atoms with Crippen LogP contribution in [-0.2, 0) is 6.42 Å². The lowest BCUT2D eigenvalue weighted by Crippen LogP contribution is -2.18. The molecule has 0 amide bonds. The Bertz CT molecular complexity index is 287. The van der Waals surface area contributed by atoms with Crippen LogP contribution < -0.4 is 11.5 Å². The maximum atomic E-state index is 12.8. The van der Waals surface area contributed by atoms with Crippen molar-refractivity contribution in [3.05, 3.63) is 29.3 Å². The van der Waals surface area contributed by atoms with E-state index in [1.165, 1.54) is 6.07 Å². The lowest BCUT2D eigenvalue weighted by atomic mass is 10.1. The Morgan fingerprint density at radius 3 is 2.46 bits per heavy atom. The summed E-state index contributed by atoms with van der Waals surface area (Å²) < 4.78 is 25.5. The molecule has 1 atom stereocenters. The molecule has 1 aromatic carbocycles. The third kappa shape index (κ3) is 2.39. The minimum absolute atomic E-state index is 0.0933.